The van der Waals surface area contributed by atoms with Gasteiger partial charge in [0.05, 0.1) is 12.3 Å². The predicted molar refractivity (Wildman–Crippen MR) is 81.5 cm³/mol. The minimum absolute atomic E-state index is 0.421. The molecule has 0 radical (unpaired) electrons. The molecule has 1 aliphatic rings. The number of hydrogen-bond donors (Lipinski definition) is 3. The molecule has 0 saturated carbocycles. The molecule has 1 aromatic carbocycles. The van der Waals surface area contributed by atoms with E-state index in [0.29, 0.717) is 12.6 Å². The van der Waals surface area contributed by atoms with Gasteiger partial charge >= 0.3 is 0 Å². The highest BCUT2D eigenvalue weighted by Gasteiger charge is 2.20. The number of rotatable bonds is 4. The molecule has 2 atom stereocenters. The summed E-state index contributed by atoms with van der Waals surface area (Å²) in [6, 6.07) is 8.23. The van der Waals surface area contributed by atoms with Crippen molar-refractivity contribution in [1.82, 2.24) is 15.5 Å². The molecule has 106 valence electrons. The number of fused-ring (bicyclic) bond motifs is 1. The van der Waals surface area contributed by atoms with Crippen molar-refractivity contribution >= 4 is 15.9 Å². The van der Waals surface area contributed by atoms with Crippen molar-refractivity contribution in [2.24, 2.45) is 0 Å². The number of nitrogens with one attached hydrogen (secondary N) is 2. The molecule has 1 unspecified atom stereocenters. The topological polar surface area (TPSA) is 60.9 Å². The van der Waals surface area contributed by atoms with Crippen molar-refractivity contribution in [3.05, 3.63) is 51.8 Å². The van der Waals surface area contributed by atoms with Crippen LogP contribution in [0.15, 0.2) is 34.9 Å². The van der Waals surface area contributed by atoms with Crippen molar-refractivity contribution < 1.29 is 5.11 Å². The number of hydrogen-bond acceptors (Lipinski definition) is 3. The van der Waals surface area contributed by atoms with Gasteiger partial charge in [-0.2, -0.15) is 5.10 Å². The zero-order valence-electron chi connectivity index (χ0n) is 11.1. The third-order valence-corrected chi connectivity index (χ3v) is 4.40. The van der Waals surface area contributed by atoms with E-state index in [1.807, 2.05) is 30.5 Å². The summed E-state index contributed by atoms with van der Waals surface area (Å²) in [6.07, 6.45) is 4.55. The predicted octanol–water partition coefficient (Wildman–Crippen LogP) is 2.35. The summed E-state index contributed by atoms with van der Waals surface area (Å²) in [5.74, 6) is 0. The lowest BCUT2D eigenvalue weighted by Gasteiger charge is -2.24. The Bertz CT molecular complexity index is 567. The van der Waals surface area contributed by atoms with Gasteiger partial charge in [-0.1, -0.05) is 28.1 Å². The molecular formula is C15H18BrN3O. The van der Waals surface area contributed by atoms with Crippen LogP contribution in [0.3, 0.4) is 0 Å². The molecule has 1 heterocycles. The van der Waals surface area contributed by atoms with Crippen LogP contribution >= 0.6 is 15.9 Å². The number of aliphatic hydroxyl groups excluding tert-OH is 1. The second kappa shape index (κ2) is 6.08. The van der Waals surface area contributed by atoms with Crippen LogP contribution in [-0.4, -0.2) is 27.9 Å². The molecule has 0 amide bonds. The Balaban J connectivity index is 1.54. The van der Waals surface area contributed by atoms with Crippen molar-refractivity contribution in [2.45, 2.75) is 31.4 Å². The number of aromatic amines is 1. The Morgan fingerprint density at radius 2 is 2.20 bits per heavy atom. The smallest absolute Gasteiger partial charge is 0.0914 e. The number of nitrogens with zero attached hydrogens (tertiary/aromatic N) is 1. The lowest BCUT2D eigenvalue weighted by molar-refractivity contribution is 0.168. The van der Waals surface area contributed by atoms with E-state index >= 15 is 0 Å². The van der Waals surface area contributed by atoms with Gasteiger partial charge in [0, 0.05) is 22.8 Å². The van der Waals surface area contributed by atoms with E-state index in [2.05, 4.69) is 31.4 Å². The lowest BCUT2D eigenvalue weighted by atomic mass is 9.93. The van der Waals surface area contributed by atoms with Gasteiger partial charge in [-0.15, -0.1) is 0 Å². The lowest BCUT2D eigenvalue weighted by Crippen LogP contribution is -2.36. The van der Waals surface area contributed by atoms with Gasteiger partial charge in [-0.25, -0.2) is 0 Å². The van der Waals surface area contributed by atoms with Crippen LogP contribution in [0, 0.1) is 0 Å². The molecule has 3 N–H and O–H groups in total. The molecule has 0 spiro atoms. The zero-order chi connectivity index (χ0) is 13.9. The Morgan fingerprint density at radius 3 is 3.00 bits per heavy atom. The molecule has 4 nitrogen and oxygen atoms in total. The van der Waals surface area contributed by atoms with Gasteiger partial charge in [-0.3, -0.25) is 5.10 Å². The monoisotopic (exact) mass is 335 g/mol. The van der Waals surface area contributed by atoms with Gasteiger partial charge in [0.25, 0.3) is 0 Å². The highest BCUT2D eigenvalue weighted by atomic mass is 79.9. The number of aromatic nitrogens is 2. The van der Waals surface area contributed by atoms with Gasteiger partial charge in [0.2, 0.25) is 0 Å². The van der Waals surface area contributed by atoms with Gasteiger partial charge in [0.1, 0.15) is 0 Å². The zero-order valence-corrected chi connectivity index (χ0v) is 12.7. The van der Waals surface area contributed by atoms with Crippen LogP contribution < -0.4 is 5.32 Å². The van der Waals surface area contributed by atoms with E-state index in [1.54, 1.807) is 0 Å². The summed E-state index contributed by atoms with van der Waals surface area (Å²) in [4.78, 5) is 0. The Labute approximate surface area is 126 Å². The molecule has 0 bridgehead atoms. The Morgan fingerprint density at radius 1 is 1.40 bits per heavy atom. The summed E-state index contributed by atoms with van der Waals surface area (Å²) in [6.45, 7) is 0.583. The maximum Gasteiger partial charge on any atom is 0.0914 e. The molecule has 3 rings (SSSR count). The molecule has 1 aromatic heterocycles. The first-order valence-electron chi connectivity index (χ1n) is 6.90. The van der Waals surface area contributed by atoms with Crippen molar-refractivity contribution in [2.75, 3.05) is 6.54 Å². The largest absolute Gasteiger partial charge is 0.387 e. The Hall–Kier alpha value is -1.17. The van der Waals surface area contributed by atoms with E-state index in [4.69, 9.17) is 0 Å². The molecule has 0 saturated heterocycles. The van der Waals surface area contributed by atoms with Crippen LogP contribution in [0.1, 0.15) is 29.3 Å². The summed E-state index contributed by atoms with van der Waals surface area (Å²) >= 11 is 3.40. The summed E-state index contributed by atoms with van der Waals surface area (Å²) < 4.78 is 1.03. The highest BCUT2D eigenvalue weighted by Crippen LogP contribution is 2.20. The Kier molecular flexibility index (Phi) is 4.19. The summed E-state index contributed by atoms with van der Waals surface area (Å²) in [7, 11) is 0. The van der Waals surface area contributed by atoms with E-state index < -0.39 is 6.10 Å². The summed E-state index contributed by atoms with van der Waals surface area (Å²) in [5.41, 5.74) is 3.50. The first-order chi connectivity index (χ1) is 9.72. The average Bonchev–Trinajstić information content (AvgIpc) is 2.93. The first-order valence-corrected chi connectivity index (χ1v) is 7.69. The third-order valence-electron chi connectivity index (χ3n) is 3.87. The fraction of sp³-hybridized carbons (Fsp3) is 0.400. The standard InChI is InChI=1S/C15H18BrN3O/c16-12-3-1-10(2-4-12)15(20)9-17-13-5-6-14-11(7-13)8-18-19-14/h1-4,8,13,15,17,20H,5-7,9H2,(H,18,19)/t13?,15-/m0/s1. The van der Waals surface area contributed by atoms with Crippen LogP contribution in [-0.2, 0) is 12.8 Å². The molecule has 0 aliphatic heterocycles. The number of aliphatic hydroxyl groups is 1. The fourth-order valence-electron chi connectivity index (χ4n) is 2.67. The fourth-order valence-corrected chi connectivity index (χ4v) is 2.94. The van der Waals surface area contributed by atoms with Gasteiger partial charge < -0.3 is 10.4 Å². The second-order valence-corrected chi connectivity index (χ2v) is 6.20. The van der Waals surface area contributed by atoms with Crippen LogP contribution in [0.25, 0.3) is 0 Å². The minimum atomic E-state index is -0.464. The normalized spacial score (nSPS) is 19.6. The third kappa shape index (κ3) is 3.11. The molecule has 2 aromatic rings. The van der Waals surface area contributed by atoms with Crippen molar-refractivity contribution in [3.8, 4) is 0 Å². The van der Waals surface area contributed by atoms with E-state index in [0.717, 1.165) is 29.3 Å². The van der Waals surface area contributed by atoms with Crippen LogP contribution in [0.2, 0.25) is 0 Å². The molecule has 0 fully saturated rings. The molecular weight excluding hydrogens is 318 g/mol. The number of aryl methyl sites for hydroxylation is 1. The molecule has 1 aliphatic carbocycles. The first kappa shape index (κ1) is 13.8. The van der Waals surface area contributed by atoms with Crippen molar-refractivity contribution in [3.63, 3.8) is 0 Å². The van der Waals surface area contributed by atoms with Gasteiger partial charge in [0.15, 0.2) is 0 Å². The van der Waals surface area contributed by atoms with Crippen LogP contribution in [0.5, 0.6) is 0 Å². The quantitative estimate of drug-likeness (QED) is 0.803. The second-order valence-electron chi connectivity index (χ2n) is 5.29. The number of halogens is 1. The highest BCUT2D eigenvalue weighted by molar-refractivity contribution is 9.10. The number of benzene rings is 1. The maximum absolute atomic E-state index is 10.2. The average molecular weight is 336 g/mol. The van der Waals surface area contributed by atoms with E-state index in [1.165, 1.54) is 11.3 Å². The SMILES string of the molecule is O[C@@H](CNC1CCc2[nH]ncc2C1)c1ccc(Br)cc1. The van der Waals surface area contributed by atoms with E-state index in [9.17, 15) is 5.11 Å². The van der Waals surface area contributed by atoms with Crippen molar-refractivity contribution in [1.29, 1.82) is 0 Å². The number of H-pyrrole nitrogens is 1. The van der Waals surface area contributed by atoms with E-state index in [-0.39, 0.29) is 0 Å². The van der Waals surface area contributed by atoms with Gasteiger partial charge in [-0.05, 0) is 42.5 Å². The van der Waals surface area contributed by atoms with Crippen LogP contribution in [0.4, 0.5) is 0 Å². The maximum atomic E-state index is 10.2. The minimum Gasteiger partial charge on any atom is -0.387 e. The summed E-state index contributed by atoms with van der Waals surface area (Å²) in [5, 5.41) is 20.8. The molecule has 20 heavy (non-hydrogen) atoms. The molecule has 5 heteroatoms.